The van der Waals surface area contributed by atoms with Crippen LogP contribution in [0, 0.1) is 0 Å². The highest BCUT2D eigenvalue weighted by Crippen LogP contribution is 2.08. The molecular weight excluding hydrogens is 312 g/mol. The van der Waals surface area contributed by atoms with Gasteiger partial charge in [-0.2, -0.15) is 11.8 Å². The Morgan fingerprint density at radius 1 is 1.06 bits per heavy atom. The zero-order valence-electron chi connectivity index (χ0n) is 11.6. The third-order valence-corrected chi connectivity index (χ3v) is 4.24. The van der Waals surface area contributed by atoms with Crippen molar-refractivity contribution in [3.05, 3.63) is 0 Å². The Labute approximate surface area is 125 Å². The zero-order valence-corrected chi connectivity index (χ0v) is 14.0. The number of carbonyl (C=O) groups is 1. The summed E-state index contributed by atoms with van der Waals surface area (Å²) in [6.45, 7) is 2.77. The monoisotopic (exact) mass is 338 g/mol. The first-order valence-electron chi connectivity index (χ1n) is 7.10. The van der Waals surface area contributed by atoms with E-state index in [-0.39, 0.29) is 5.97 Å². The molecule has 0 N–H and O–H groups in total. The van der Waals surface area contributed by atoms with Crippen LogP contribution in [0.2, 0.25) is 0 Å². The molecule has 0 aliphatic carbocycles. The molecule has 0 saturated heterocycles. The van der Waals surface area contributed by atoms with Gasteiger partial charge in [0.25, 0.3) is 0 Å². The number of alkyl halides is 1. The average molecular weight is 339 g/mol. The Hall–Kier alpha value is 0.300. The largest absolute Gasteiger partial charge is 0.465 e. The molecule has 0 heterocycles. The van der Waals surface area contributed by atoms with Crippen molar-refractivity contribution in [1.29, 1.82) is 0 Å². The summed E-state index contributed by atoms with van der Waals surface area (Å²) in [5.41, 5.74) is 0. The predicted octanol–water partition coefficient (Wildman–Crippen LogP) is 4.80. The van der Waals surface area contributed by atoms with Crippen LogP contribution in [0.25, 0.3) is 0 Å². The van der Waals surface area contributed by atoms with E-state index in [4.69, 9.17) is 4.74 Å². The van der Waals surface area contributed by atoms with E-state index in [1.807, 2.05) is 11.8 Å². The van der Waals surface area contributed by atoms with Crippen molar-refractivity contribution < 1.29 is 9.53 Å². The molecule has 0 unspecified atom stereocenters. The number of carbonyl (C=O) groups excluding carboxylic acids is 1. The van der Waals surface area contributed by atoms with Gasteiger partial charge in [0.2, 0.25) is 0 Å². The molecule has 0 aromatic heterocycles. The molecule has 0 aliphatic heterocycles. The molecular formula is C14H27BrO2S. The van der Waals surface area contributed by atoms with Crippen molar-refractivity contribution in [2.24, 2.45) is 0 Å². The van der Waals surface area contributed by atoms with Crippen molar-refractivity contribution in [3.63, 3.8) is 0 Å². The number of rotatable bonds is 13. The lowest BCUT2D eigenvalue weighted by molar-refractivity contribution is -0.143. The van der Waals surface area contributed by atoms with Crippen molar-refractivity contribution >= 4 is 33.7 Å². The highest BCUT2D eigenvalue weighted by Gasteiger charge is 2.02. The van der Waals surface area contributed by atoms with Gasteiger partial charge in [-0.05, 0) is 25.0 Å². The maximum atomic E-state index is 11.4. The maximum absolute atomic E-state index is 11.4. The van der Waals surface area contributed by atoms with Gasteiger partial charge in [0.05, 0.1) is 0 Å². The van der Waals surface area contributed by atoms with Crippen LogP contribution in [0.1, 0.15) is 58.3 Å². The Bertz CT molecular complexity index is 171. The second-order valence-electron chi connectivity index (χ2n) is 4.39. The van der Waals surface area contributed by atoms with Crippen LogP contribution in [-0.2, 0) is 9.53 Å². The van der Waals surface area contributed by atoms with E-state index in [0.29, 0.717) is 13.0 Å². The molecule has 0 atom stereocenters. The van der Waals surface area contributed by atoms with Gasteiger partial charge >= 0.3 is 5.97 Å². The SMILES string of the molecule is CCCCSCCOC(=O)CCCCCCCBr. The Morgan fingerprint density at radius 2 is 1.78 bits per heavy atom. The fraction of sp³-hybridized carbons (Fsp3) is 0.929. The van der Waals surface area contributed by atoms with Crippen LogP contribution in [-0.4, -0.2) is 29.4 Å². The molecule has 2 nitrogen and oxygen atoms in total. The lowest BCUT2D eigenvalue weighted by atomic mass is 10.1. The molecule has 0 aromatic carbocycles. The first-order valence-corrected chi connectivity index (χ1v) is 9.38. The van der Waals surface area contributed by atoms with E-state index in [2.05, 4.69) is 22.9 Å². The lowest BCUT2D eigenvalue weighted by Gasteiger charge is -2.04. The number of unbranched alkanes of at least 4 members (excludes halogenated alkanes) is 5. The number of hydrogen-bond acceptors (Lipinski definition) is 3. The topological polar surface area (TPSA) is 26.3 Å². The number of thioether (sulfide) groups is 1. The van der Waals surface area contributed by atoms with Gasteiger partial charge in [-0.15, -0.1) is 0 Å². The molecule has 0 aromatic rings. The van der Waals surface area contributed by atoms with Crippen molar-refractivity contribution in [2.45, 2.75) is 58.3 Å². The van der Waals surface area contributed by atoms with Gasteiger partial charge < -0.3 is 4.74 Å². The Kier molecular flexibility index (Phi) is 15.6. The molecule has 0 rings (SSSR count). The van der Waals surface area contributed by atoms with Crippen molar-refractivity contribution in [1.82, 2.24) is 0 Å². The van der Waals surface area contributed by atoms with Gasteiger partial charge in [-0.3, -0.25) is 4.79 Å². The van der Waals surface area contributed by atoms with Gasteiger partial charge in [-0.25, -0.2) is 0 Å². The van der Waals surface area contributed by atoms with Gasteiger partial charge in [0.15, 0.2) is 0 Å². The summed E-state index contributed by atoms with van der Waals surface area (Å²) >= 11 is 5.29. The number of ether oxygens (including phenoxy) is 1. The summed E-state index contributed by atoms with van der Waals surface area (Å²) in [7, 11) is 0. The number of esters is 1. The van der Waals surface area contributed by atoms with Crippen LogP contribution in [0.5, 0.6) is 0 Å². The van der Waals surface area contributed by atoms with Crippen LogP contribution in [0.15, 0.2) is 0 Å². The average Bonchev–Trinajstić information content (AvgIpc) is 2.38. The molecule has 0 aliphatic rings. The standard InChI is InChI=1S/C14H27BrO2S/c1-2-3-12-18-13-11-17-14(16)9-7-5-4-6-8-10-15/h2-13H2,1H3. The smallest absolute Gasteiger partial charge is 0.305 e. The highest BCUT2D eigenvalue weighted by molar-refractivity contribution is 9.09. The molecule has 0 amide bonds. The fourth-order valence-electron chi connectivity index (χ4n) is 1.53. The second kappa shape index (κ2) is 15.4. The minimum atomic E-state index is -0.0217. The summed E-state index contributed by atoms with van der Waals surface area (Å²) in [5, 5.41) is 1.09. The van der Waals surface area contributed by atoms with Crippen LogP contribution in [0.3, 0.4) is 0 Å². The summed E-state index contributed by atoms with van der Waals surface area (Å²) in [4.78, 5) is 11.4. The molecule has 18 heavy (non-hydrogen) atoms. The third kappa shape index (κ3) is 14.4. The maximum Gasteiger partial charge on any atom is 0.305 e. The van der Waals surface area contributed by atoms with Gasteiger partial charge in [0.1, 0.15) is 6.61 Å². The van der Waals surface area contributed by atoms with E-state index in [0.717, 1.165) is 23.9 Å². The van der Waals surface area contributed by atoms with E-state index in [1.54, 1.807) is 0 Å². The van der Waals surface area contributed by atoms with Gasteiger partial charge in [0, 0.05) is 17.5 Å². The molecule has 0 spiro atoms. The van der Waals surface area contributed by atoms with Crippen LogP contribution in [0.4, 0.5) is 0 Å². The predicted molar refractivity (Wildman–Crippen MR) is 84.7 cm³/mol. The summed E-state index contributed by atoms with van der Waals surface area (Å²) in [5.74, 6) is 2.10. The zero-order chi connectivity index (χ0) is 13.5. The first kappa shape index (κ1) is 18.3. The lowest BCUT2D eigenvalue weighted by Crippen LogP contribution is -2.07. The quantitative estimate of drug-likeness (QED) is 0.274. The van der Waals surface area contributed by atoms with Gasteiger partial charge in [-0.1, -0.05) is 48.5 Å². The van der Waals surface area contributed by atoms with Crippen LogP contribution < -0.4 is 0 Å². The van der Waals surface area contributed by atoms with E-state index in [1.165, 1.54) is 37.9 Å². The molecule has 0 fully saturated rings. The number of hydrogen-bond donors (Lipinski definition) is 0. The minimum absolute atomic E-state index is 0.0217. The molecule has 0 saturated carbocycles. The first-order chi connectivity index (χ1) is 8.81. The number of halogens is 1. The van der Waals surface area contributed by atoms with E-state index in [9.17, 15) is 4.79 Å². The molecule has 0 bridgehead atoms. The molecule has 4 heteroatoms. The van der Waals surface area contributed by atoms with Crippen molar-refractivity contribution in [3.8, 4) is 0 Å². The summed E-state index contributed by atoms with van der Waals surface area (Å²) in [6.07, 6.45) is 8.93. The Balaban J connectivity index is 3.12. The fourth-order valence-corrected chi connectivity index (χ4v) is 2.82. The Morgan fingerprint density at radius 3 is 2.50 bits per heavy atom. The highest BCUT2D eigenvalue weighted by atomic mass is 79.9. The third-order valence-electron chi connectivity index (χ3n) is 2.65. The second-order valence-corrected chi connectivity index (χ2v) is 6.41. The molecule has 108 valence electrons. The molecule has 0 radical (unpaired) electrons. The van der Waals surface area contributed by atoms with E-state index < -0.39 is 0 Å². The van der Waals surface area contributed by atoms with E-state index >= 15 is 0 Å². The normalized spacial score (nSPS) is 10.6. The summed E-state index contributed by atoms with van der Waals surface area (Å²) < 4.78 is 5.18. The summed E-state index contributed by atoms with van der Waals surface area (Å²) in [6, 6.07) is 0. The van der Waals surface area contributed by atoms with Crippen LogP contribution >= 0.6 is 27.7 Å². The van der Waals surface area contributed by atoms with Crippen molar-refractivity contribution in [2.75, 3.05) is 23.4 Å². The minimum Gasteiger partial charge on any atom is -0.465 e.